The summed E-state index contributed by atoms with van der Waals surface area (Å²) in [6.07, 6.45) is 1.10. The van der Waals surface area contributed by atoms with E-state index in [2.05, 4.69) is 20.1 Å². The molecule has 3 unspecified atom stereocenters. The van der Waals surface area contributed by atoms with E-state index in [1.807, 2.05) is 0 Å². The molecule has 23 heavy (non-hydrogen) atoms. The Morgan fingerprint density at radius 1 is 1.61 bits per heavy atom. The van der Waals surface area contributed by atoms with Crippen LogP contribution in [0, 0.1) is 0 Å². The lowest BCUT2D eigenvalue weighted by Gasteiger charge is -2.12. The van der Waals surface area contributed by atoms with Gasteiger partial charge in [-0.1, -0.05) is 0 Å². The van der Waals surface area contributed by atoms with Crippen molar-refractivity contribution in [3.05, 3.63) is 16.6 Å². The first-order valence-corrected chi connectivity index (χ1v) is 7.12. The third kappa shape index (κ3) is 2.96. The molecule has 1 saturated heterocycles. The maximum absolute atomic E-state index is 12.1. The van der Waals surface area contributed by atoms with E-state index < -0.39 is 18.4 Å². The molecule has 1 fully saturated rings. The Hall–Kier alpha value is -2.30. The SMILES string of the molecule is CN(C)C=Nc1nc2c(cnn2C2CC(O)C(CO)O2)c(=O)[nH]1. The second-order valence-corrected chi connectivity index (χ2v) is 5.54. The number of fused-ring (bicyclic) bond motifs is 1. The molecule has 3 N–H and O–H groups in total. The molecule has 2 aromatic rings. The van der Waals surface area contributed by atoms with Crippen molar-refractivity contribution in [3.8, 4) is 0 Å². The molecule has 1 aliphatic rings. The third-order valence-corrected chi connectivity index (χ3v) is 3.52. The molecule has 0 aliphatic carbocycles. The van der Waals surface area contributed by atoms with Gasteiger partial charge in [0.05, 0.1) is 25.2 Å². The highest BCUT2D eigenvalue weighted by Gasteiger charge is 2.35. The van der Waals surface area contributed by atoms with Crippen LogP contribution in [0.5, 0.6) is 0 Å². The lowest BCUT2D eigenvalue weighted by Crippen LogP contribution is -2.24. The summed E-state index contributed by atoms with van der Waals surface area (Å²) in [4.78, 5) is 24.7. The molecule has 10 heteroatoms. The number of H-pyrrole nitrogens is 1. The quantitative estimate of drug-likeness (QED) is 0.485. The van der Waals surface area contributed by atoms with Gasteiger partial charge in [-0.3, -0.25) is 9.78 Å². The van der Waals surface area contributed by atoms with Crippen LogP contribution in [0.25, 0.3) is 11.0 Å². The Labute approximate surface area is 131 Å². The van der Waals surface area contributed by atoms with Gasteiger partial charge in [0.15, 0.2) is 11.9 Å². The fraction of sp³-hybridized carbons (Fsp3) is 0.538. The summed E-state index contributed by atoms with van der Waals surface area (Å²) in [5.74, 6) is 0.148. The summed E-state index contributed by atoms with van der Waals surface area (Å²) in [5, 5.41) is 23.4. The summed E-state index contributed by atoms with van der Waals surface area (Å²) in [5.41, 5.74) is -0.0418. The molecule has 1 aliphatic heterocycles. The average molecular weight is 322 g/mol. The molecule has 0 amide bonds. The molecule has 3 rings (SSSR count). The number of hydrogen-bond acceptors (Lipinski definition) is 7. The predicted octanol–water partition coefficient (Wildman–Crippen LogP) is -1.02. The first-order chi connectivity index (χ1) is 11.0. The highest BCUT2D eigenvalue weighted by Crippen LogP contribution is 2.29. The van der Waals surface area contributed by atoms with Gasteiger partial charge in [0, 0.05) is 20.5 Å². The van der Waals surface area contributed by atoms with Gasteiger partial charge in [0.2, 0.25) is 5.95 Å². The van der Waals surface area contributed by atoms with E-state index in [1.54, 1.807) is 19.0 Å². The fourth-order valence-corrected chi connectivity index (χ4v) is 2.40. The molecular formula is C13H18N6O4. The number of aliphatic hydroxyl groups excluding tert-OH is 2. The predicted molar refractivity (Wildman–Crippen MR) is 81.6 cm³/mol. The van der Waals surface area contributed by atoms with Crippen LogP contribution in [0.2, 0.25) is 0 Å². The van der Waals surface area contributed by atoms with Crippen molar-refractivity contribution in [3.63, 3.8) is 0 Å². The average Bonchev–Trinajstić information content (AvgIpc) is 3.08. The van der Waals surface area contributed by atoms with Gasteiger partial charge in [0.1, 0.15) is 11.5 Å². The van der Waals surface area contributed by atoms with Crippen LogP contribution in [0.1, 0.15) is 12.6 Å². The number of aliphatic hydroxyl groups is 2. The minimum absolute atomic E-state index is 0.148. The van der Waals surface area contributed by atoms with E-state index in [4.69, 9.17) is 9.84 Å². The lowest BCUT2D eigenvalue weighted by atomic mass is 10.2. The highest BCUT2D eigenvalue weighted by molar-refractivity contribution is 5.74. The number of ether oxygens (including phenoxy) is 1. The molecule has 124 valence electrons. The van der Waals surface area contributed by atoms with Crippen molar-refractivity contribution in [2.24, 2.45) is 4.99 Å². The van der Waals surface area contributed by atoms with Crippen LogP contribution in [0.4, 0.5) is 5.95 Å². The zero-order chi connectivity index (χ0) is 16.6. The second kappa shape index (κ2) is 6.07. The van der Waals surface area contributed by atoms with E-state index in [9.17, 15) is 9.90 Å². The Morgan fingerprint density at radius 2 is 2.39 bits per heavy atom. The largest absolute Gasteiger partial charge is 0.394 e. The molecule has 0 saturated carbocycles. The summed E-state index contributed by atoms with van der Waals surface area (Å²) < 4.78 is 6.98. The number of aliphatic imine (C=N–C) groups is 1. The number of aromatic nitrogens is 4. The van der Waals surface area contributed by atoms with Crippen molar-refractivity contribution in [2.45, 2.75) is 24.9 Å². The van der Waals surface area contributed by atoms with Crippen LogP contribution in [-0.2, 0) is 4.74 Å². The zero-order valence-corrected chi connectivity index (χ0v) is 12.7. The molecular weight excluding hydrogens is 304 g/mol. The van der Waals surface area contributed by atoms with Gasteiger partial charge in [-0.25, -0.2) is 9.67 Å². The lowest BCUT2D eigenvalue weighted by molar-refractivity contribution is -0.0470. The second-order valence-electron chi connectivity index (χ2n) is 5.54. The Morgan fingerprint density at radius 3 is 3.04 bits per heavy atom. The van der Waals surface area contributed by atoms with E-state index in [0.717, 1.165) is 0 Å². The Bertz CT molecular complexity index is 782. The van der Waals surface area contributed by atoms with Gasteiger partial charge in [-0.15, -0.1) is 0 Å². The van der Waals surface area contributed by atoms with Crippen molar-refractivity contribution in [1.82, 2.24) is 24.6 Å². The molecule has 0 spiro atoms. The third-order valence-electron chi connectivity index (χ3n) is 3.52. The van der Waals surface area contributed by atoms with Gasteiger partial charge in [0.25, 0.3) is 5.56 Å². The highest BCUT2D eigenvalue weighted by atomic mass is 16.5. The van der Waals surface area contributed by atoms with E-state index in [1.165, 1.54) is 17.2 Å². The molecule has 10 nitrogen and oxygen atoms in total. The molecule has 0 bridgehead atoms. The van der Waals surface area contributed by atoms with Gasteiger partial charge >= 0.3 is 0 Å². The maximum Gasteiger partial charge on any atom is 0.263 e. The summed E-state index contributed by atoms with van der Waals surface area (Å²) in [7, 11) is 3.60. The van der Waals surface area contributed by atoms with Crippen LogP contribution in [0.3, 0.4) is 0 Å². The fourth-order valence-electron chi connectivity index (χ4n) is 2.40. The van der Waals surface area contributed by atoms with Crippen molar-refractivity contribution in [1.29, 1.82) is 0 Å². The smallest absolute Gasteiger partial charge is 0.263 e. The molecule has 0 radical (unpaired) electrons. The first-order valence-electron chi connectivity index (χ1n) is 7.12. The van der Waals surface area contributed by atoms with E-state index in [-0.39, 0.29) is 24.5 Å². The van der Waals surface area contributed by atoms with Gasteiger partial charge in [-0.2, -0.15) is 10.1 Å². The van der Waals surface area contributed by atoms with Crippen molar-refractivity contribution in [2.75, 3.05) is 20.7 Å². The Kier molecular flexibility index (Phi) is 4.11. The molecule has 0 aromatic carbocycles. The minimum atomic E-state index is -0.794. The number of rotatable bonds is 4. The minimum Gasteiger partial charge on any atom is -0.394 e. The number of nitrogens with zero attached hydrogens (tertiary/aromatic N) is 5. The number of nitrogens with one attached hydrogen (secondary N) is 1. The standard InChI is InChI=1S/C13H18N6O4/c1-18(2)6-14-13-16-11-7(12(22)17-13)4-15-19(11)10-3-8(21)9(5-20)23-10/h4,6,8-10,20-21H,3,5H2,1-2H3,(H,16,17,22). The monoisotopic (exact) mass is 322 g/mol. The summed E-state index contributed by atoms with van der Waals surface area (Å²) in [6, 6.07) is 0. The normalized spacial score (nSPS) is 24.8. The zero-order valence-electron chi connectivity index (χ0n) is 12.7. The number of aromatic amines is 1. The summed E-state index contributed by atoms with van der Waals surface area (Å²) >= 11 is 0. The number of hydrogen-bond donors (Lipinski definition) is 3. The maximum atomic E-state index is 12.1. The van der Waals surface area contributed by atoms with Crippen molar-refractivity contribution < 1.29 is 14.9 Å². The summed E-state index contributed by atoms with van der Waals surface area (Å²) in [6.45, 7) is -0.288. The molecule has 2 aromatic heterocycles. The van der Waals surface area contributed by atoms with Crippen LogP contribution >= 0.6 is 0 Å². The van der Waals surface area contributed by atoms with Gasteiger partial charge in [-0.05, 0) is 0 Å². The van der Waals surface area contributed by atoms with Crippen LogP contribution < -0.4 is 5.56 Å². The van der Waals surface area contributed by atoms with E-state index >= 15 is 0 Å². The van der Waals surface area contributed by atoms with E-state index in [0.29, 0.717) is 11.0 Å². The van der Waals surface area contributed by atoms with Crippen LogP contribution in [-0.4, -0.2) is 74.1 Å². The first kappa shape index (κ1) is 15.6. The van der Waals surface area contributed by atoms with Crippen LogP contribution in [0.15, 0.2) is 16.0 Å². The molecule has 3 atom stereocenters. The molecule has 3 heterocycles. The van der Waals surface area contributed by atoms with Crippen molar-refractivity contribution >= 4 is 23.3 Å². The van der Waals surface area contributed by atoms with Gasteiger partial charge < -0.3 is 19.8 Å². The Balaban J connectivity index is 2.00. The topological polar surface area (TPSA) is 129 Å².